The number of hydrogen-bond donors (Lipinski definition) is 1. The molecule has 4 unspecified atom stereocenters. The lowest BCUT2D eigenvalue weighted by Crippen LogP contribution is -2.63. The molecule has 0 bridgehead atoms. The summed E-state index contributed by atoms with van der Waals surface area (Å²) >= 11 is 0. The van der Waals surface area contributed by atoms with Crippen molar-refractivity contribution in [2.75, 3.05) is 12.8 Å². The zero-order chi connectivity index (χ0) is 15.3. The number of hydrogen-bond acceptors (Lipinski definition) is 3. The molecule has 5 nitrogen and oxygen atoms in total. The molecule has 1 fully saturated rings. The second-order valence-electron chi connectivity index (χ2n) is 5.40. The standard InChI is InChI=1S/C14H26N2O3S/c1-5-7-11-14(18)16(9-8-10(3)20(4)19)12(6-2)13(17)15-11/h10-12H,5-9H2,1-4H3,(H,15,17). The molecule has 1 N–H and O–H groups in total. The summed E-state index contributed by atoms with van der Waals surface area (Å²) in [7, 11) is -0.898. The van der Waals surface area contributed by atoms with Gasteiger partial charge in [-0.25, -0.2) is 0 Å². The van der Waals surface area contributed by atoms with Crippen LogP contribution in [0.4, 0.5) is 0 Å². The Morgan fingerprint density at radius 1 is 1.35 bits per heavy atom. The predicted molar refractivity (Wildman–Crippen MR) is 80.8 cm³/mol. The van der Waals surface area contributed by atoms with Crippen molar-refractivity contribution in [3.63, 3.8) is 0 Å². The predicted octanol–water partition coefficient (Wildman–Crippen LogP) is 1.05. The Labute approximate surface area is 123 Å². The Bertz CT molecular complexity index is 387. The van der Waals surface area contributed by atoms with Crippen molar-refractivity contribution in [1.29, 1.82) is 0 Å². The van der Waals surface area contributed by atoms with Gasteiger partial charge < -0.3 is 10.2 Å². The van der Waals surface area contributed by atoms with Gasteiger partial charge in [-0.3, -0.25) is 13.8 Å². The van der Waals surface area contributed by atoms with Gasteiger partial charge in [-0.05, 0) is 19.3 Å². The highest BCUT2D eigenvalue weighted by molar-refractivity contribution is 7.84. The summed E-state index contributed by atoms with van der Waals surface area (Å²) in [5, 5.41) is 2.86. The summed E-state index contributed by atoms with van der Waals surface area (Å²) in [6.07, 6.45) is 4.48. The van der Waals surface area contributed by atoms with Gasteiger partial charge in [0.05, 0.1) is 0 Å². The van der Waals surface area contributed by atoms with E-state index in [9.17, 15) is 13.8 Å². The number of piperazine rings is 1. The molecule has 0 saturated carbocycles. The van der Waals surface area contributed by atoms with E-state index in [-0.39, 0.29) is 23.1 Å². The largest absolute Gasteiger partial charge is 0.343 e. The maximum absolute atomic E-state index is 12.4. The number of nitrogens with one attached hydrogen (secondary N) is 1. The van der Waals surface area contributed by atoms with Crippen molar-refractivity contribution in [3.05, 3.63) is 0 Å². The van der Waals surface area contributed by atoms with Crippen molar-refractivity contribution in [1.82, 2.24) is 10.2 Å². The van der Waals surface area contributed by atoms with Crippen molar-refractivity contribution < 1.29 is 13.8 Å². The van der Waals surface area contributed by atoms with E-state index in [2.05, 4.69) is 5.32 Å². The molecule has 0 aromatic heterocycles. The molecule has 116 valence electrons. The van der Waals surface area contributed by atoms with Gasteiger partial charge in [0.2, 0.25) is 11.8 Å². The highest BCUT2D eigenvalue weighted by Crippen LogP contribution is 2.17. The summed E-state index contributed by atoms with van der Waals surface area (Å²) in [5.41, 5.74) is 0. The average molecular weight is 302 g/mol. The van der Waals surface area contributed by atoms with E-state index in [0.29, 0.717) is 25.8 Å². The Balaban J connectivity index is 2.77. The molecule has 2 amide bonds. The Kier molecular flexibility index (Phi) is 6.65. The van der Waals surface area contributed by atoms with E-state index in [1.54, 1.807) is 11.2 Å². The number of amides is 2. The highest BCUT2D eigenvalue weighted by Gasteiger charge is 2.38. The number of nitrogens with zero attached hydrogens (tertiary/aromatic N) is 1. The van der Waals surface area contributed by atoms with Crippen LogP contribution < -0.4 is 5.32 Å². The lowest BCUT2D eigenvalue weighted by Gasteiger charge is -2.39. The first-order chi connectivity index (χ1) is 9.42. The van der Waals surface area contributed by atoms with Gasteiger partial charge in [0.1, 0.15) is 12.1 Å². The zero-order valence-corrected chi connectivity index (χ0v) is 13.7. The van der Waals surface area contributed by atoms with Gasteiger partial charge in [0.25, 0.3) is 0 Å². The van der Waals surface area contributed by atoms with E-state index in [4.69, 9.17) is 0 Å². The second kappa shape index (κ2) is 7.76. The van der Waals surface area contributed by atoms with E-state index >= 15 is 0 Å². The summed E-state index contributed by atoms with van der Waals surface area (Å²) in [5.74, 6) is -0.0526. The second-order valence-corrected chi connectivity index (χ2v) is 7.21. The van der Waals surface area contributed by atoms with Crippen LogP contribution in [0.25, 0.3) is 0 Å². The molecule has 1 aliphatic heterocycles. The molecule has 0 aliphatic carbocycles. The molecule has 6 heteroatoms. The molecular weight excluding hydrogens is 276 g/mol. The van der Waals surface area contributed by atoms with Crippen LogP contribution in [0.5, 0.6) is 0 Å². The molecule has 1 aliphatic rings. The molecule has 1 rings (SSSR count). The van der Waals surface area contributed by atoms with Crippen molar-refractivity contribution in [3.8, 4) is 0 Å². The van der Waals surface area contributed by atoms with Crippen LogP contribution in [-0.4, -0.2) is 51.1 Å². The molecule has 1 heterocycles. The van der Waals surface area contributed by atoms with E-state index in [1.165, 1.54) is 0 Å². The maximum Gasteiger partial charge on any atom is 0.245 e. The Hall–Kier alpha value is -0.910. The third-order valence-electron chi connectivity index (χ3n) is 3.88. The molecule has 1 saturated heterocycles. The molecule has 0 aromatic rings. The Morgan fingerprint density at radius 2 is 2.00 bits per heavy atom. The molecular formula is C14H26N2O3S. The van der Waals surface area contributed by atoms with Crippen LogP contribution in [0.3, 0.4) is 0 Å². The number of rotatable bonds is 7. The van der Waals surface area contributed by atoms with Gasteiger partial charge in [0, 0.05) is 28.9 Å². The van der Waals surface area contributed by atoms with Crippen LogP contribution >= 0.6 is 0 Å². The van der Waals surface area contributed by atoms with Gasteiger partial charge in [-0.15, -0.1) is 0 Å². The van der Waals surface area contributed by atoms with Crippen LogP contribution in [0.2, 0.25) is 0 Å². The van der Waals surface area contributed by atoms with Gasteiger partial charge >= 0.3 is 0 Å². The molecule has 4 atom stereocenters. The minimum absolute atomic E-state index is 0.00684. The molecule has 0 spiro atoms. The minimum atomic E-state index is -0.898. The molecule has 0 aromatic carbocycles. The fraction of sp³-hybridized carbons (Fsp3) is 0.857. The van der Waals surface area contributed by atoms with Crippen LogP contribution in [0, 0.1) is 0 Å². The topological polar surface area (TPSA) is 66.5 Å². The first-order valence-corrected chi connectivity index (χ1v) is 8.97. The van der Waals surface area contributed by atoms with Gasteiger partial charge in [0.15, 0.2) is 0 Å². The summed E-state index contributed by atoms with van der Waals surface area (Å²) in [6.45, 7) is 6.32. The fourth-order valence-electron chi connectivity index (χ4n) is 2.47. The van der Waals surface area contributed by atoms with E-state index in [0.717, 1.165) is 6.42 Å². The van der Waals surface area contributed by atoms with Gasteiger partial charge in [-0.1, -0.05) is 27.2 Å². The number of carbonyl (C=O) groups is 2. The monoisotopic (exact) mass is 302 g/mol. The molecule has 20 heavy (non-hydrogen) atoms. The summed E-state index contributed by atoms with van der Waals surface area (Å²) in [4.78, 5) is 26.2. The van der Waals surface area contributed by atoms with Crippen LogP contribution in [-0.2, 0) is 20.4 Å². The normalized spacial score (nSPS) is 26.3. The SMILES string of the molecule is CCCC1NC(=O)C(CC)N(CCC(C)S(C)=O)C1=O. The van der Waals surface area contributed by atoms with Crippen molar-refractivity contribution >= 4 is 22.6 Å². The smallest absolute Gasteiger partial charge is 0.245 e. The van der Waals surface area contributed by atoms with Crippen molar-refractivity contribution in [2.45, 2.75) is 63.8 Å². The lowest BCUT2D eigenvalue weighted by atomic mass is 10.0. The zero-order valence-electron chi connectivity index (χ0n) is 12.8. The van der Waals surface area contributed by atoms with E-state index < -0.39 is 16.8 Å². The minimum Gasteiger partial charge on any atom is -0.343 e. The van der Waals surface area contributed by atoms with Crippen LogP contribution in [0.1, 0.15) is 46.5 Å². The summed E-state index contributed by atoms with van der Waals surface area (Å²) in [6, 6.07) is -0.772. The van der Waals surface area contributed by atoms with Crippen molar-refractivity contribution in [2.24, 2.45) is 0 Å². The van der Waals surface area contributed by atoms with E-state index in [1.807, 2.05) is 20.8 Å². The summed E-state index contributed by atoms with van der Waals surface area (Å²) < 4.78 is 11.4. The first kappa shape index (κ1) is 17.1. The Morgan fingerprint density at radius 3 is 2.50 bits per heavy atom. The molecule has 0 radical (unpaired) electrons. The third-order valence-corrected chi connectivity index (χ3v) is 5.25. The quantitative estimate of drug-likeness (QED) is 0.764. The third kappa shape index (κ3) is 4.04. The van der Waals surface area contributed by atoms with Crippen LogP contribution in [0.15, 0.2) is 0 Å². The average Bonchev–Trinajstić information content (AvgIpc) is 2.40. The number of carbonyl (C=O) groups excluding carboxylic acids is 2. The first-order valence-electron chi connectivity index (χ1n) is 7.35. The maximum atomic E-state index is 12.4. The highest BCUT2D eigenvalue weighted by atomic mass is 32.2. The fourth-order valence-corrected chi connectivity index (χ4v) is 2.91. The lowest BCUT2D eigenvalue weighted by molar-refractivity contribution is -0.149. The van der Waals surface area contributed by atoms with Gasteiger partial charge in [-0.2, -0.15) is 0 Å².